The van der Waals surface area contributed by atoms with E-state index in [2.05, 4.69) is 4.72 Å². The van der Waals surface area contributed by atoms with Gasteiger partial charge in [0.15, 0.2) is 0 Å². The Hall–Kier alpha value is 0.200. The van der Waals surface area contributed by atoms with Crippen LogP contribution in [0.5, 0.6) is 0 Å². The molecule has 0 rings (SSSR count). The van der Waals surface area contributed by atoms with Gasteiger partial charge in [0.25, 0.3) is 0 Å². The fourth-order valence-corrected chi connectivity index (χ4v) is 2.62. The fourth-order valence-electron chi connectivity index (χ4n) is 1.08. The van der Waals surface area contributed by atoms with E-state index < -0.39 is 10.0 Å². The molecule has 5 heteroatoms. The van der Waals surface area contributed by atoms with E-state index in [0.717, 1.165) is 12.8 Å². The molecule has 3 nitrogen and oxygen atoms in total. The molecule has 0 aromatic heterocycles. The Balaban J connectivity index is 3.82. The Morgan fingerprint density at radius 3 is 2.54 bits per heavy atom. The van der Waals surface area contributed by atoms with E-state index in [9.17, 15) is 8.42 Å². The molecule has 0 saturated heterocycles. The maximum atomic E-state index is 11.3. The van der Waals surface area contributed by atoms with Gasteiger partial charge in [0.1, 0.15) is 0 Å². The summed E-state index contributed by atoms with van der Waals surface area (Å²) in [6.07, 6.45) is 2.29. The highest BCUT2D eigenvalue weighted by atomic mass is 35.5. The van der Waals surface area contributed by atoms with Crippen LogP contribution < -0.4 is 4.72 Å². The van der Waals surface area contributed by atoms with Gasteiger partial charge >= 0.3 is 0 Å². The average molecular weight is 228 g/mol. The van der Waals surface area contributed by atoms with E-state index in [1.165, 1.54) is 0 Å². The van der Waals surface area contributed by atoms with E-state index in [1.807, 2.05) is 13.8 Å². The number of hydrogen-bond acceptors (Lipinski definition) is 2. The molecule has 0 amide bonds. The molecule has 0 aromatic rings. The molecule has 0 fully saturated rings. The largest absolute Gasteiger partial charge is 0.212 e. The normalized spacial score (nSPS) is 14.4. The predicted molar refractivity (Wildman–Crippen MR) is 56.6 cm³/mol. The number of sulfonamides is 1. The van der Waals surface area contributed by atoms with E-state index in [1.54, 1.807) is 0 Å². The van der Waals surface area contributed by atoms with E-state index in [-0.39, 0.29) is 11.8 Å². The number of rotatable bonds is 7. The summed E-state index contributed by atoms with van der Waals surface area (Å²) in [7, 11) is -3.05. The summed E-state index contributed by atoms with van der Waals surface area (Å²) in [6, 6.07) is -0.00435. The molecule has 1 unspecified atom stereocenters. The van der Waals surface area contributed by atoms with Gasteiger partial charge in [0, 0.05) is 11.9 Å². The minimum absolute atomic E-state index is 0.00435. The number of alkyl halides is 1. The zero-order valence-corrected chi connectivity index (χ0v) is 9.79. The van der Waals surface area contributed by atoms with E-state index in [4.69, 9.17) is 11.6 Å². The minimum atomic E-state index is -3.05. The zero-order chi connectivity index (χ0) is 10.3. The maximum Gasteiger partial charge on any atom is 0.211 e. The second-order valence-corrected chi connectivity index (χ2v) is 5.42. The maximum absolute atomic E-state index is 11.3. The van der Waals surface area contributed by atoms with Crippen molar-refractivity contribution in [3.05, 3.63) is 0 Å². The lowest BCUT2D eigenvalue weighted by Crippen LogP contribution is -2.34. The molecule has 0 saturated carbocycles. The average Bonchev–Trinajstić information content (AvgIpc) is 1.99. The van der Waals surface area contributed by atoms with E-state index in [0.29, 0.717) is 12.3 Å². The first-order chi connectivity index (χ1) is 6.02. The monoisotopic (exact) mass is 227 g/mol. The SMILES string of the molecule is CCCS(=O)(=O)NC(C)CCCCl. The third-order valence-electron chi connectivity index (χ3n) is 1.62. The van der Waals surface area contributed by atoms with Crippen LogP contribution in [0.25, 0.3) is 0 Å². The summed E-state index contributed by atoms with van der Waals surface area (Å²) in [4.78, 5) is 0. The smallest absolute Gasteiger partial charge is 0.211 e. The van der Waals surface area contributed by atoms with Gasteiger partial charge in [-0.25, -0.2) is 13.1 Å². The number of nitrogens with one attached hydrogen (secondary N) is 1. The Labute approximate surface area is 85.9 Å². The van der Waals surface area contributed by atoms with Crippen molar-refractivity contribution in [1.29, 1.82) is 0 Å². The minimum Gasteiger partial charge on any atom is -0.212 e. The number of halogens is 1. The predicted octanol–water partition coefficient (Wildman–Crippen LogP) is 1.72. The summed E-state index contributed by atoms with van der Waals surface area (Å²) in [6.45, 7) is 3.71. The molecule has 0 aliphatic rings. The first-order valence-corrected chi connectivity index (χ1v) is 6.76. The fraction of sp³-hybridized carbons (Fsp3) is 1.00. The van der Waals surface area contributed by atoms with Gasteiger partial charge in [-0.3, -0.25) is 0 Å². The topological polar surface area (TPSA) is 46.2 Å². The van der Waals surface area contributed by atoms with Crippen LogP contribution in [0.4, 0.5) is 0 Å². The van der Waals surface area contributed by atoms with Crippen LogP contribution in [0.15, 0.2) is 0 Å². The highest BCUT2D eigenvalue weighted by Crippen LogP contribution is 2.00. The molecule has 1 atom stereocenters. The second-order valence-electron chi connectivity index (χ2n) is 3.17. The molecule has 13 heavy (non-hydrogen) atoms. The Morgan fingerprint density at radius 1 is 1.46 bits per heavy atom. The quantitative estimate of drug-likeness (QED) is 0.674. The van der Waals surface area contributed by atoms with Crippen molar-refractivity contribution in [2.45, 2.75) is 39.2 Å². The van der Waals surface area contributed by atoms with Gasteiger partial charge in [0.05, 0.1) is 5.75 Å². The van der Waals surface area contributed by atoms with Crippen LogP contribution in [0.1, 0.15) is 33.1 Å². The van der Waals surface area contributed by atoms with Crippen molar-refractivity contribution in [1.82, 2.24) is 4.72 Å². The van der Waals surface area contributed by atoms with Gasteiger partial charge in [-0.15, -0.1) is 11.6 Å². The summed E-state index contributed by atoms with van der Waals surface area (Å²) in [5.41, 5.74) is 0. The van der Waals surface area contributed by atoms with Crippen molar-refractivity contribution in [3.8, 4) is 0 Å². The van der Waals surface area contributed by atoms with Crippen LogP contribution in [0.3, 0.4) is 0 Å². The van der Waals surface area contributed by atoms with Crippen molar-refractivity contribution in [3.63, 3.8) is 0 Å². The molecular weight excluding hydrogens is 210 g/mol. The third kappa shape index (κ3) is 7.28. The molecule has 0 aliphatic carbocycles. The van der Waals surface area contributed by atoms with Gasteiger partial charge in [-0.1, -0.05) is 6.92 Å². The Morgan fingerprint density at radius 2 is 2.08 bits per heavy atom. The first kappa shape index (κ1) is 13.2. The highest BCUT2D eigenvalue weighted by molar-refractivity contribution is 7.89. The van der Waals surface area contributed by atoms with Crippen molar-refractivity contribution in [2.24, 2.45) is 0 Å². The summed E-state index contributed by atoms with van der Waals surface area (Å²) in [5.74, 6) is 0.790. The molecule has 0 spiro atoms. The Kier molecular flexibility index (Phi) is 6.73. The van der Waals surface area contributed by atoms with Crippen LogP contribution in [-0.2, 0) is 10.0 Å². The second kappa shape index (κ2) is 6.62. The van der Waals surface area contributed by atoms with Gasteiger partial charge in [0.2, 0.25) is 10.0 Å². The number of hydrogen-bond donors (Lipinski definition) is 1. The van der Waals surface area contributed by atoms with Crippen LogP contribution >= 0.6 is 11.6 Å². The van der Waals surface area contributed by atoms with Gasteiger partial charge < -0.3 is 0 Å². The van der Waals surface area contributed by atoms with Crippen LogP contribution in [0.2, 0.25) is 0 Å². The molecule has 0 heterocycles. The van der Waals surface area contributed by atoms with Crippen molar-refractivity contribution < 1.29 is 8.42 Å². The lowest BCUT2D eigenvalue weighted by molar-refractivity contribution is 0.543. The highest BCUT2D eigenvalue weighted by Gasteiger charge is 2.12. The van der Waals surface area contributed by atoms with Crippen LogP contribution in [-0.4, -0.2) is 26.1 Å². The molecule has 0 radical (unpaired) electrons. The van der Waals surface area contributed by atoms with E-state index >= 15 is 0 Å². The van der Waals surface area contributed by atoms with Gasteiger partial charge in [-0.2, -0.15) is 0 Å². The molecule has 0 aliphatic heterocycles. The molecule has 1 N–H and O–H groups in total. The Bertz CT molecular complexity index is 216. The third-order valence-corrected chi connectivity index (χ3v) is 3.60. The molecule has 0 aromatic carbocycles. The summed E-state index contributed by atoms with van der Waals surface area (Å²) in [5, 5.41) is 0. The molecule has 80 valence electrons. The van der Waals surface area contributed by atoms with Crippen LogP contribution in [0, 0.1) is 0 Å². The first-order valence-electron chi connectivity index (χ1n) is 4.57. The summed E-state index contributed by atoms with van der Waals surface area (Å²) < 4.78 is 25.1. The standard InChI is InChI=1S/C8H18ClNO2S/c1-3-7-13(11,12)10-8(2)5-4-6-9/h8,10H,3-7H2,1-2H3. The zero-order valence-electron chi connectivity index (χ0n) is 8.22. The van der Waals surface area contributed by atoms with Gasteiger partial charge in [-0.05, 0) is 26.2 Å². The van der Waals surface area contributed by atoms with Crippen molar-refractivity contribution in [2.75, 3.05) is 11.6 Å². The summed E-state index contributed by atoms with van der Waals surface area (Å²) >= 11 is 5.50. The molecular formula is C8H18ClNO2S. The lowest BCUT2D eigenvalue weighted by atomic mass is 10.2. The molecule has 0 bridgehead atoms. The van der Waals surface area contributed by atoms with Crippen molar-refractivity contribution >= 4 is 21.6 Å². The lowest BCUT2D eigenvalue weighted by Gasteiger charge is -2.12.